The Kier molecular flexibility index (Phi) is 58.9. The summed E-state index contributed by atoms with van der Waals surface area (Å²) < 4.78 is 16.8. The van der Waals surface area contributed by atoms with Crippen LogP contribution < -0.4 is 0 Å². The topological polar surface area (TPSA) is 78.9 Å². The molecule has 0 radical (unpaired) electrons. The zero-order chi connectivity index (χ0) is 54.3. The van der Waals surface area contributed by atoms with Gasteiger partial charge in [0.15, 0.2) is 6.10 Å². The Labute approximate surface area is 462 Å². The summed E-state index contributed by atoms with van der Waals surface area (Å²) in [4.78, 5) is 38.2. The van der Waals surface area contributed by atoms with E-state index in [1.807, 2.05) is 6.08 Å². The largest absolute Gasteiger partial charge is 0.462 e. The Morgan fingerprint density at radius 1 is 0.280 bits per heavy atom. The van der Waals surface area contributed by atoms with Gasteiger partial charge in [-0.05, 0) is 116 Å². The summed E-state index contributed by atoms with van der Waals surface area (Å²) in [6.45, 7) is 6.35. The molecule has 1 atom stereocenters. The molecule has 426 valence electrons. The fraction of sp³-hybridized carbons (Fsp3) is 0.667. The van der Waals surface area contributed by atoms with E-state index in [2.05, 4.69) is 136 Å². The molecule has 0 bridgehead atoms. The van der Waals surface area contributed by atoms with Crippen LogP contribution in [0.4, 0.5) is 0 Å². The average Bonchev–Trinajstić information content (AvgIpc) is 3.41. The number of hydrogen-bond donors (Lipinski definition) is 0. The van der Waals surface area contributed by atoms with Gasteiger partial charge in [-0.3, -0.25) is 14.4 Å². The van der Waals surface area contributed by atoms with Crippen molar-refractivity contribution in [3.05, 3.63) is 122 Å². The van der Waals surface area contributed by atoms with Gasteiger partial charge in [0.25, 0.3) is 0 Å². The highest BCUT2D eigenvalue weighted by atomic mass is 16.6. The Morgan fingerprint density at radius 3 is 0.907 bits per heavy atom. The molecule has 0 heterocycles. The minimum absolute atomic E-state index is 0.106. The van der Waals surface area contributed by atoms with Crippen LogP contribution in [0.1, 0.15) is 278 Å². The van der Waals surface area contributed by atoms with Gasteiger partial charge >= 0.3 is 17.9 Å². The van der Waals surface area contributed by atoms with E-state index in [4.69, 9.17) is 14.2 Å². The molecule has 0 aromatic carbocycles. The van der Waals surface area contributed by atoms with Gasteiger partial charge in [-0.15, -0.1) is 0 Å². The molecular weight excluding hydrogens is 925 g/mol. The van der Waals surface area contributed by atoms with Crippen molar-refractivity contribution in [1.29, 1.82) is 0 Å². The number of hydrogen-bond acceptors (Lipinski definition) is 6. The predicted molar refractivity (Wildman–Crippen MR) is 325 cm³/mol. The molecular formula is C69H114O6. The summed E-state index contributed by atoms with van der Waals surface area (Å²) in [5.74, 6) is -0.995. The van der Waals surface area contributed by atoms with Crippen molar-refractivity contribution in [2.24, 2.45) is 0 Å². The maximum absolute atomic E-state index is 12.9. The lowest BCUT2D eigenvalue weighted by atomic mass is 10.1. The first-order chi connectivity index (χ1) is 37.0. The summed E-state index contributed by atoms with van der Waals surface area (Å²) >= 11 is 0. The van der Waals surface area contributed by atoms with Gasteiger partial charge in [0.05, 0.1) is 0 Å². The van der Waals surface area contributed by atoms with Crippen LogP contribution in [-0.4, -0.2) is 37.2 Å². The SMILES string of the molecule is CC/C=C\C/C=C\C/C=C\C/C=C\C/C=C\CCCCCCCCCCCC(=O)OCC(COC(=O)CC/C=C\C/C=C\C/C=C\C/C=C\CC)OC(=O)CCCCCCCCCCC/C=C\CCCCCCCC. The molecule has 0 saturated heterocycles. The fourth-order valence-corrected chi connectivity index (χ4v) is 8.36. The third kappa shape index (κ3) is 60.6. The van der Waals surface area contributed by atoms with E-state index in [-0.39, 0.29) is 37.5 Å². The number of carbonyl (C=O) groups is 3. The molecule has 0 spiro atoms. The van der Waals surface area contributed by atoms with E-state index in [1.54, 1.807) is 0 Å². The molecule has 0 rings (SSSR count). The Balaban J connectivity index is 4.39. The van der Waals surface area contributed by atoms with E-state index in [9.17, 15) is 14.4 Å². The normalized spacial score (nSPS) is 12.9. The number of ether oxygens (including phenoxy) is 3. The molecule has 75 heavy (non-hydrogen) atoms. The molecule has 0 aromatic rings. The van der Waals surface area contributed by atoms with Gasteiger partial charge in [0.2, 0.25) is 0 Å². The van der Waals surface area contributed by atoms with Gasteiger partial charge in [0, 0.05) is 19.3 Å². The van der Waals surface area contributed by atoms with Crippen LogP contribution in [0, 0.1) is 0 Å². The van der Waals surface area contributed by atoms with Gasteiger partial charge in [-0.1, -0.05) is 264 Å². The highest BCUT2D eigenvalue weighted by Gasteiger charge is 2.19. The average molecular weight is 1040 g/mol. The summed E-state index contributed by atoms with van der Waals surface area (Å²) in [6, 6.07) is 0. The van der Waals surface area contributed by atoms with E-state index in [0.717, 1.165) is 103 Å². The van der Waals surface area contributed by atoms with Gasteiger partial charge in [0.1, 0.15) is 13.2 Å². The van der Waals surface area contributed by atoms with Crippen molar-refractivity contribution in [3.63, 3.8) is 0 Å². The molecule has 0 aliphatic rings. The standard InChI is InChI=1S/C69H114O6/c1-4-7-10-13-16-19-22-25-27-29-31-32-33-34-35-36-38-39-41-44-47-50-53-56-59-62-68(71)74-65-66(64-73-67(70)61-58-55-52-49-46-43-24-21-18-15-12-9-6-3)75-69(72)63-60-57-54-51-48-45-42-40-37-30-28-26-23-20-17-14-11-8-5-2/h7,9-10,12,16,18-19,21,25-28,31-32,34-35,43,46,52,55,66H,4-6,8,11,13-15,17,20,22-24,29-30,33,36-42,44-45,47-51,53-54,56-65H2,1-3H3/b10-7-,12-9-,19-16-,21-18-,27-25-,28-26-,32-31-,35-34-,46-43-,55-52-. The lowest BCUT2D eigenvalue weighted by Gasteiger charge is -2.18. The van der Waals surface area contributed by atoms with Crippen molar-refractivity contribution < 1.29 is 28.6 Å². The molecule has 0 amide bonds. The second kappa shape index (κ2) is 62.4. The molecule has 6 heteroatoms. The molecule has 0 aliphatic carbocycles. The number of esters is 3. The summed E-state index contributed by atoms with van der Waals surface area (Å²) in [6.07, 6.45) is 86.4. The summed E-state index contributed by atoms with van der Waals surface area (Å²) in [5.41, 5.74) is 0. The highest BCUT2D eigenvalue weighted by molar-refractivity contribution is 5.71. The van der Waals surface area contributed by atoms with E-state index >= 15 is 0 Å². The van der Waals surface area contributed by atoms with Crippen molar-refractivity contribution in [1.82, 2.24) is 0 Å². The van der Waals surface area contributed by atoms with E-state index < -0.39 is 6.10 Å². The van der Waals surface area contributed by atoms with Gasteiger partial charge < -0.3 is 14.2 Å². The molecule has 0 fully saturated rings. The number of rotatable bonds is 55. The van der Waals surface area contributed by atoms with Crippen LogP contribution in [0.5, 0.6) is 0 Å². The van der Waals surface area contributed by atoms with Crippen LogP contribution in [0.3, 0.4) is 0 Å². The first-order valence-corrected chi connectivity index (χ1v) is 31.0. The first-order valence-electron chi connectivity index (χ1n) is 31.0. The Morgan fingerprint density at radius 2 is 0.547 bits per heavy atom. The lowest BCUT2D eigenvalue weighted by molar-refractivity contribution is -0.166. The third-order valence-electron chi connectivity index (χ3n) is 12.9. The van der Waals surface area contributed by atoms with Crippen LogP contribution in [-0.2, 0) is 28.6 Å². The highest BCUT2D eigenvalue weighted by Crippen LogP contribution is 2.15. The smallest absolute Gasteiger partial charge is 0.306 e. The van der Waals surface area contributed by atoms with Crippen molar-refractivity contribution >= 4 is 17.9 Å². The first kappa shape index (κ1) is 70.8. The van der Waals surface area contributed by atoms with E-state index in [0.29, 0.717) is 19.3 Å². The molecule has 0 saturated carbocycles. The molecule has 0 N–H and O–H groups in total. The van der Waals surface area contributed by atoms with Crippen molar-refractivity contribution in [2.75, 3.05) is 13.2 Å². The molecule has 1 unspecified atom stereocenters. The molecule has 0 aliphatic heterocycles. The van der Waals surface area contributed by atoms with Gasteiger partial charge in [-0.2, -0.15) is 0 Å². The van der Waals surface area contributed by atoms with Crippen LogP contribution in [0.2, 0.25) is 0 Å². The number of allylic oxidation sites excluding steroid dienone is 20. The Bertz CT molecular complexity index is 1570. The quantitative estimate of drug-likeness (QED) is 0.0261. The summed E-state index contributed by atoms with van der Waals surface area (Å²) in [7, 11) is 0. The van der Waals surface area contributed by atoms with E-state index in [1.165, 1.54) is 128 Å². The predicted octanol–water partition coefficient (Wildman–Crippen LogP) is 21.2. The van der Waals surface area contributed by atoms with Gasteiger partial charge in [-0.25, -0.2) is 0 Å². The minimum atomic E-state index is -0.814. The molecule has 0 aromatic heterocycles. The monoisotopic (exact) mass is 1040 g/mol. The maximum Gasteiger partial charge on any atom is 0.306 e. The minimum Gasteiger partial charge on any atom is -0.462 e. The second-order valence-corrected chi connectivity index (χ2v) is 20.2. The van der Waals surface area contributed by atoms with Crippen LogP contribution in [0.25, 0.3) is 0 Å². The number of carbonyl (C=O) groups excluding carboxylic acids is 3. The Hall–Kier alpha value is -4.19. The fourth-order valence-electron chi connectivity index (χ4n) is 8.36. The zero-order valence-corrected chi connectivity index (χ0v) is 48.8. The zero-order valence-electron chi connectivity index (χ0n) is 48.8. The second-order valence-electron chi connectivity index (χ2n) is 20.2. The third-order valence-corrected chi connectivity index (χ3v) is 12.9. The number of unbranched alkanes of at least 4 members (excludes halogenated alkanes) is 24. The maximum atomic E-state index is 12.9. The van der Waals surface area contributed by atoms with Crippen molar-refractivity contribution in [2.45, 2.75) is 284 Å². The summed E-state index contributed by atoms with van der Waals surface area (Å²) in [5, 5.41) is 0. The molecule has 6 nitrogen and oxygen atoms in total. The lowest BCUT2D eigenvalue weighted by Crippen LogP contribution is -2.30. The van der Waals surface area contributed by atoms with Crippen LogP contribution in [0.15, 0.2) is 122 Å². The van der Waals surface area contributed by atoms with Crippen molar-refractivity contribution in [3.8, 4) is 0 Å². The van der Waals surface area contributed by atoms with Crippen LogP contribution >= 0.6 is 0 Å².